The van der Waals surface area contributed by atoms with Crippen LogP contribution in [0.2, 0.25) is 5.02 Å². The Balaban J connectivity index is 1.16. The molecule has 0 aliphatic carbocycles. The number of halogens is 1. The molecule has 3 fully saturated rings. The molecule has 0 saturated carbocycles. The fourth-order valence-corrected chi connectivity index (χ4v) is 7.24. The lowest BCUT2D eigenvalue weighted by molar-refractivity contribution is 0.614. The second-order valence-electron chi connectivity index (χ2n) is 11.6. The zero-order valence-electron chi connectivity index (χ0n) is 22.5. The molecule has 3 aromatic carbocycles. The summed E-state index contributed by atoms with van der Waals surface area (Å²) in [5.41, 5.74) is 8.14. The first kappa shape index (κ1) is 24.4. The second kappa shape index (κ2) is 9.91. The molecule has 0 spiro atoms. The van der Waals surface area contributed by atoms with Crippen molar-refractivity contribution < 1.29 is 0 Å². The van der Waals surface area contributed by atoms with Crippen LogP contribution in [0.4, 0.5) is 5.69 Å². The Bertz CT molecular complexity index is 1560. The summed E-state index contributed by atoms with van der Waals surface area (Å²) in [4.78, 5) is 19.7. The average molecular weight is 552 g/mol. The third kappa shape index (κ3) is 4.28. The Morgan fingerprint density at radius 3 is 1.65 bits per heavy atom. The number of rotatable bonds is 5. The van der Waals surface area contributed by atoms with E-state index in [0.29, 0.717) is 12.1 Å². The lowest BCUT2D eigenvalue weighted by Crippen LogP contribution is -2.26. The predicted octanol–water partition coefficient (Wildman–Crippen LogP) is 7.02. The highest BCUT2D eigenvalue weighted by Gasteiger charge is 2.36. The van der Waals surface area contributed by atoms with Crippen LogP contribution in [0.15, 0.2) is 60.7 Å². The lowest BCUT2D eigenvalue weighted by Gasteiger charge is -2.33. The Morgan fingerprint density at radius 2 is 1.18 bits per heavy atom. The minimum absolute atomic E-state index is 0.252. The number of benzene rings is 3. The van der Waals surface area contributed by atoms with Gasteiger partial charge in [-0.2, -0.15) is 0 Å². The molecule has 3 saturated heterocycles. The highest BCUT2D eigenvalue weighted by atomic mass is 35.5. The highest BCUT2D eigenvalue weighted by Crippen LogP contribution is 2.47. The summed E-state index contributed by atoms with van der Waals surface area (Å²) in [6, 6.07) is 23.0. The SMILES string of the molecule is Clc1ccc(N2[C@@H](c3ccc4nc([C@@H]5CCCN5)[nH]c4c3)CC[C@@H]2c2ccc3nc([C@@H]4CCCN4)[nH]c3c2)cc1. The van der Waals surface area contributed by atoms with Crippen LogP contribution in [0.5, 0.6) is 0 Å². The van der Waals surface area contributed by atoms with Gasteiger partial charge in [-0.15, -0.1) is 0 Å². The van der Waals surface area contributed by atoms with E-state index in [2.05, 4.69) is 74.0 Å². The van der Waals surface area contributed by atoms with Gasteiger partial charge in [-0.05, 0) is 111 Å². The first-order valence-electron chi connectivity index (χ1n) is 14.7. The topological polar surface area (TPSA) is 84.7 Å². The number of imidazole rings is 2. The standard InChI is InChI=1S/C32H34ClN7/c33-21-7-9-22(10-8-21)40-29(19-5-11-23-27(17-19)38-31(36-23)25-3-1-15-34-25)13-14-30(40)20-6-12-24-28(18-20)39-32(37-24)26-4-2-16-35-26/h5-12,17-18,25-26,29-30,34-35H,1-4,13-16H2,(H,36,38)(H,37,39)/t25-,26-,29+,30+/m0/s1. The van der Waals surface area contributed by atoms with Crippen LogP contribution in [-0.4, -0.2) is 33.0 Å². The fraction of sp³-hybridized carbons (Fsp3) is 0.375. The molecule has 8 rings (SSSR count). The van der Waals surface area contributed by atoms with E-state index in [1.54, 1.807) is 0 Å². The van der Waals surface area contributed by atoms with Crippen LogP contribution in [0.1, 0.15) is 85.5 Å². The van der Waals surface area contributed by atoms with E-state index in [4.69, 9.17) is 21.6 Å². The van der Waals surface area contributed by atoms with Crippen LogP contribution in [0.3, 0.4) is 0 Å². The number of aromatic nitrogens is 4. The molecule has 5 aromatic rings. The molecule has 3 aliphatic rings. The molecule has 8 heteroatoms. The maximum Gasteiger partial charge on any atom is 0.124 e. The van der Waals surface area contributed by atoms with E-state index in [1.807, 2.05) is 12.1 Å². The van der Waals surface area contributed by atoms with Gasteiger partial charge >= 0.3 is 0 Å². The molecule has 4 N–H and O–H groups in total. The van der Waals surface area contributed by atoms with Crippen LogP contribution in [-0.2, 0) is 0 Å². The Kier molecular flexibility index (Phi) is 6.05. The number of hydrogen-bond acceptors (Lipinski definition) is 5. The molecule has 0 amide bonds. The number of nitrogens with zero attached hydrogens (tertiary/aromatic N) is 3. The third-order valence-corrected chi connectivity index (χ3v) is 9.36. The van der Waals surface area contributed by atoms with Gasteiger partial charge in [0.25, 0.3) is 0 Å². The van der Waals surface area contributed by atoms with E-state index in [9.17, 15) is 0 Å². The molecular weight excluding hydrogens is 518 g/mol. The number of aromatic amines is 2. The molecule has 204 valence electrons. The van der Waals surface area contributed by atoms with Crippen molar-refractivity contribution in [3.63, 3.8) is 0 Å². The summed E-state index contributed by atoms with van der Waals surface area (Å²) in [5, 5.41) is 7.89. The van der Waals surface area contributed by atoms with Gasteiger partial charge in [-0.1, -0.05) is 23.7 Å². The van der Waals surface area contributed by atoms with Gasteiger partial charge < -0.3 is 25.5 Å². The molecular formula is C32H34ClN7. The molecule has 3 aliphatic heterocycles. The fourth-order valence-electron chi connectivity index (χ4n) is 7.11. The van der Waals surface area contributed by atoms with Crippen molar-refractivity contribution >= 4 is 39.4 Å². The maximum atomic E-state index is 6.32. The Hall–Kier alpha value is -3.39. The van der Waals surface area contributed by atoms with Gasteiger partial charge in [0.1, 0.15) is 11.6 Å². The van der Waals surface area contributed by atoms with E-state index in [-0.39, 0.29) is 12.1 Å². The first-order valence-corrected chi connectivity index (χ1v) is 15.1. The number of anilines is 1. The van der Waals surface area contributed by atoms with Crippen molar-refractivity contribution in [2.24, 2.45) is 0 Å². The minimum atomic E-state index is 0.252. The minimum Gasteiger partial charge on any atom is -0.357 e. The number of H-pyrrole nitrogens is 2. The van der Waals surface area contributed by atoms with Crippen molar-refractivity contribution in [1.29, 1.82) is 0 Å². The molecule has 2 aromatic heterocycles. The van der Waals surface area contributed by atoms with Crippen molar-refractivity contribution in [2.75, 3.05) is 18.0 Å². The van der Waals surface area contributed by atoms with Gasteiger partial charge in [0.2, 0.25) is 0 Å². The molecule has 7 nitrogen and oxygen atoms in total. The summed E-state index contributed by atoms with van der Waals surface area (Å²) in [5.74, 6) is 2.12. The summed E-state index contributed by atoms with van der Waals surface area (Å²) in [6.45, 7) is 2.13. The monoisotopic (exact) mass is 551 g/mol. The van der Waals surface area contributed by atoms with Crippen molar-refractivity contribution in [3.8, 4) is 0 Å². The summed E-state index contributed by atoms with van der Waals surface area (Å²) in [6.07, 6.45) is 6.83. The Morgan fingerprint density at radius 1 is 0.650 bits per heavy atom. The van der Waals surface area contributed by atoms with Crippen LogP contribution < -0.4 is 15.5 Å². The predicted molar refractivity (Wildman–Crippen MR) is 161 cm³/mol. The van der Waals surface area contributed by atoms with Gasteiger partial charge in [-0.3, -0.25) is 0 Å². The van der Waals surface area contributed by atoms with Crippen LogP contribution in [0, 0.1) is 0 Å². The quantitative estimate of drug-likeness (QED) is 0.188. The van der Waals surface area contributed by atoms with Crippen molar-refractivity contribution in [2.45, 2.75) is 62.7 Å². The van der Waals surface area contributed by atoms with Gasteiger partial charge in [0.15, 0.2) is 0 Å². The normalized spacial score (nSPS) is 25.1. The smallest absolute Gasteiger partial charge is 0.124 e. The van der Waals surface area contributed by atoms with E-state index in [1.165, 1.54) is 29.7 Å². The summed E-state index contributed by atoms with van der Waals surface area (Å²) in [7, 11) is 0. The zero-order valence-corrected chi connectivity index (χ0v) is 23.2. The maximum absolute atomic E-state index is 6.32. The number of fused-ring (bicyclic) bond motifs is 2. The Labute approximate surface area is 238 Å². The molecule has 4 atom stereocenters. The first-order chi connectivity index (χ1) is 19.7. The van der Waals surface area contributed by atoms with Crippen LogP contribution >= 0.6 is 11.6 Å². The highest BCUT2D eigenvalue weighted by molar-refractivity contribution is 6.30. The zero-order chi connectivity index (χ0) is 26.6. The summed E-state index contributed by atoms with van der Waals surface area (Å²) < 4.78 is 0. The molecule has 0 bridgehead atoms. The molecule has 5 heterocycles. The third-order valence-electron chi connectivity index (χ3n) is 9.11. The van der Waals surface area contributed by atoms with E-state index < -0.39 is 0 Å². The summed E-state index contributed by atoms with van der Waals surface area (Å²) >= 11 is 6.32. The van der Waals surface area contributed by atoms with Crippen LogP contribution in [0.25, 0.3) is 22.1 Å². The second-order valence-corrected chi connectivity index (χ2v) is 12.0. The molecule has 40 heavy (non-hydrogen) atoms. The van der Waals surface area contributed by atoms with Crippen molar-refractivity contribution in [3.05, 3.63) is 88.5 Å². The number of hydrogen-bond donors (Lipinski definition) is 4. The van der Waals surface area contributed by atoms with Gasteiger partial charge in [-0.25, -0.2) is 9.97 Å². The average Bonchev–Trinajstić information content (AvgIpc) is 3.81. The van der Waals surface area contributed by atoms with Gasteiger partial charge in [0, 0.05) is 10.7 Å². The molecule has 0 unspecified atom stereocenters. The van der Waals surface area contributed by atoms with E-state index >= 15 is 0 Å². The van der Waals surface area contributed by atoms with Crippen molar-refractivity contribution in [1.82, 2.24) is 30.6 Å². The molecule has 0 radical (unpaired) electrons. The largest absolute Gasteiger partial charge is 0.357 e. The van der Waals surface area contributed by atoms with Gasteiger partial charge in [0.05, 0.1) is 46.2 Å². The van der Waals surface area contributed by atoms with E-state index in [0.717, 1.165) is 77.5 Å². The lowest BCUT2D eigenvalue weighted by atomic mass is 10.0. The number of nitrogens with one attached hydrogen (secondary N) is 4.